The summed E-state index contributed by atoms with van der Waals surface area (Å²) in [6.45, 7) is 0. The summed E-state index contributed by atoms with van der Waals surface area (Å²) in [6.07, 6.45) is 9.40. The molecule has 29 heavy (non-hydrogen) atoms. The molecule has 6 nitrogen and oxygen atoms in total. The summed E-state index contributed by atoms with van der Waals surface area (Å²) in [6, 6.07) is 4.46. The van der Waals surface area contributed by atoms with Crippen molar-refractivity contribution in [2.75, 3.05) is 30.8 Å². The van der Waals surface area contributed by atoms with Crippen LogP contribution >= 0.6 is 11.3 Å². The van der Waals surface area contributed by atoms with Crippen LogP contribution in [0.25, 0.3) is 0 Å². The Morgan fingerprint density at radius 3 is 1.45 bits per heavy atom. The summed E-state index contributed by atoms with van der Waals surface area (Å²) in [7, 11) is -11.1. The summed E-state index contributed by atoms with van der Waals surface area (Å²) >= 11 is 1.91. The third-order valence-electron chi connectivity index (χ3n) is 2.48. The molecule has 0 amide bonds. The third-order valence-corrected chi connectivity index (χ3v) is 7.52. The molecule has 0 fully saturated rings. The van der Waals surface area contributed by atoms with Crippen LogP contribution in [0, 0.1) is 0 Å². The first-order chi connectivity index (χ1) is 12.6. The normalized spacial score (nSPS) is 14.0. The lowest BCUT2D eigenvalue weighted by molar-refractivity contribution is -0.0522. The monoisotopic (exact) mass is 532 g/mol. The van der Waals surface area contributed by atoms with Gasteiger partial charge in [0.1, 0.15) is 0 Å². The standard InChI is InChI=1S/C10H18S3.2CHF3O3S/c1-12(2)8-10(13(3)4)9-6-5-7-11-9;2*2-1(3,4)8(5,6)7/h5-7,10H,8H2,1-4H3;2*(H,5,6,7)/q+2;;/p-2. The first-order valence-electron chi connectivity index (χ1n) is 6.79. The lowest BCUT2D eigenvalue weighted by atomic mass is 10.4. The topological polar surface area (TPSA) is 114 Å². The number of hydrogen-bond donors (Lipinski definition) is 0. The van der Waals surface area contributed by atoms with Crippen molar-refractivity contribution >= 4 is 53.4 Å². The van der Waals surface area contributed by atoms with E-state index in [2.05, 4.69) is 42.5 Å². The molecular weight excluding hydrogens is 514 g/mol. The van der Waals surface area contributed by atoms with Gasteiger partial charge in [-0.3, -0.25) is 0 Å². The zero-order chi connectivity index (χ0) is 23.8. The molecule has 0 radical (unpaired) electrons. The van der Waals surface area contributed by atoms with E-state index in [0.29, 0.717) is 21.8 Å². The molecule has 1 atom stereocenters. The molecule has 0 saturated heterocycles. The molecule has 1 aromatic rings. The zero-order valence-electron chi connectivity index (χ0n) is 15.3. The second-order valence-corrected chi connectivity index (χ2v) is 13.7. The first kappa shape index (κ1) is 31.0. The fourth-order valence-corrected chi connectivity index (χ4v) is 6.02. The van der Waals surface area contributed by atoms with Gasteiger partial charge in [-0.05, 0) is 33.2 Å². The largest absolute Gasteiger partial charge is 0.741 e. The Hall–Kier alpha value is -0.200. The van der Waals surface area contributed by atoms with Gasteiger partial charge in [0, 0.05) is 0 Å². The predicted molar refractivity (Wildman–Crippen MR) is 102 cm³/mol. The number of rotatable bonds is 4. The molecular formula is C12H18F6O6S5. The summed E-state index contributed by atoms with van der Waals surface area (Å²) < 4.78 is 118. The van der Waals surface area contributed by atoms with Gasteiger partial charge in [-0.2, -0.15) is 26.3 Å². The van der Waals surface area contributed by atoms with Gasteiger partial charge in [-0.15, -0.1) is 11.3 Å². The Bertz CT molecular complexity index is 742. The van der Waals surface area contributed by atoms with Crippen molar-refractivity contribution < 1.29 is 52.3 Å². The van der Waals surface area contributed by atoms with Crippen molar-refractivity contribution in [1.82, 2.24) is 0 Å². The lowest BCUT2D eigenvalue weighted by Crippen LogP contribution is -2.21. The molecule has 17 heteroatoms. The highest BCUT2D eigenvalue weighted by atomic mass is 32.2. The maximum Gasteiger partial charge on any atom is 0.485 e. The smallest absolute Gasteiger partial charge is 0.485 e. The van der Waals surface area contributed by atoms with Crippen LogP contribution in [0.2, 0.25) is 0 Å². The van der Waals surface area contributed by atoms with Gasteiger partial charge in [0.2, 0.25) is 0 Å². The van der Waals surface area contributed by atoms with E-state index in [-0.39, 0.29) is 0 Å². The van der Waals surface area contributed by atoms with Crippen LogP contribution in [0.1, 0.15) is 10.1 Å². The van der Waals surface area contributed by atoms with Crippen molar-refractivity contribution in [2.45, 2.75) is 16.3 Å². The maximum atomic E-state index is 10.7. The van der Waals surface area contributed by atoms with Crippen LogP contribution in [0.5, 0.6) is 0 Å². The predicted octanol–water partition coefficient (Wildman–Crippen LogP) is 2.65. The van der Waals surface area contributed by atoms with E-state index >= 15 is 0 Å². The van der Waals surface area contributed by atoms with Crippen molar-refractivity contribution in [2.24, 2.45) is 0 Å². The first-order valence-corrected chi connectivity index (χ1v) is 14.8. The molecule has 0 saturated carbocycles. The van der Waals surface area contributed by atoms with Gasteiger partial charge in [0.05, 0.1) is 29.9 Å². The van der Waals surface area contributed by atoms with E-state index < -0.39 is 31.3 Å². The van der Waals surface area contributed by atoms with Crippen LogP contribution in [0.4, 0.5) is 26.3 Å². The molecule has 0 aliphatic rings. The van der Waals surface area contributed by atoms with Crippen LogP contribution in [-0.2, 0) is 42.0 Å². The van der Waals surface area contributed by atoms with Crippen molar-refractivity contribution in [1.29, 1.82) is 0 Å². The molecule has 0 aliphatic carbocycles. The number of hydrogen-bond acceptors (Lipinski definition) is 7. The van der Waals surface area contributed by atoms with Crippen LogP contribution in [0.15, 0.2) is 17.5 Å². The van der Waals surface area contributed by atoms with E-state index in [1.165, 1.54) is 5.75 Å². The van der Waals surface area contributed by atoms with Gasteiger partial charge in [0.15, 0.2) is 31.2 Å². The van der Waals surface area contributed by atoms with E-state index in [4.69, 9.17) is 25.9 Å². The number of halogens is 6. The van der Waals surface area contributed by atoms with Gasteiger partial charge < -0.3 is 9.11 Å². The van der Waals surface area contributed by atoms with E-state index in [1.807, 2.05) is 11.3 Å². The van der Waals surface area contributed by atoms with Gasteiger partial charge in [0.25, 0.3) is 0 Å². The highest BCUT2D eigenvalue weighted by Crippen LogP contribution is 2.27. The minimum absolute atomic E-state index is 0.514. The zero-order valence-corrected chi connectivity index (χ0v) is 19.4. The summed E-state index contributed by atoms with van der Waals surface area (Å²) in [4.78, 5) is 1.58. The molecule has 174 valence electrons. The Labute approximate surface area is 174 Å². The average molecular weight is 533 g/mol. The lowest BCUT2D eigenvalue weighted by Gasteiger charge is -2.09. The summed E-state index contributed by atoms with van der Waals surface area (Å²) in [5, 5.41) is 3.00. The molecule has 0 N–H and O–H groups in total. The van der Waals surface area contributed by atoms with E-state index in [1.54, 1.807) is 4.88 Å². The van der Waals surface area contributed by atoms with Crippen molar-refractivity contribution in [3.8, 4) is 0 Å². The minimum atomic E-state index is -6.09. The fraction of sp³-hybridized carbons (Fsp3) is 0.667. The van der Waals surface area contributed by atoms with Gasteiger partial charge in [-0.25, -0.2) is 16.8 Å². The average Bonchev–Trinajstić information content (AvgIpc) is 2.94. The third kappa shape index (κ3) is 13.7. The highest BCUT2D eigenvalue weighted by Gasteiger charge is 2.37. The van der Waals surface area contributed by atoms with E-state index in [0.717, 1.165) is 5.25 Å². The molecule has 0 aliphatic heterocycles. The van der Waals surface area contributed by atoms with Crippen LogP contribution < -0.4 is 0 Å². The fourth-order valence-electron chi connectivity index (χ4n) is 1.23. The highest BCUT2D eigenvalue weighted by molar-refractivity contribution is 7.99. The van der Waals surface area contributed by atoms with Gasteiger partial charge >= 0.3 is 11.0 Å². The number of alkyl halides is 6. The Morgan fingerprint density at radius 2 is 1.28 bits per heavy atom. The van der Waals surface area contributed by atoms with Crippen LogP contribution in [-0.4, -0.2) is 67.7 Å². The molecule has 0 spiro atoms. The van der Waals surface area contributed by atoms with E-state index in [9.17, 15) is 26.3 Å². The Kier molecular flexibility index (Phi) is 12.8. The number of thiophene rings is 1. The Balaban J connectivity index is 0. The van der Waals surface area contributed by atoms with Crippen molar-refractivity contribution in [3.63, 3.8) is 0 Å². The SMILES string of the molecule is C[S+](C)CC(c1cccs1)[S+](C)C.O=S(=O)([O-])C(F)(F)F.O=S(=O)([O-])C(F)(F)F. The Morgan fingerprint density at radius 1 is 0.931 bits per heavy atom. The molecule has 1 rings (SSSR count). The summed E-state index contributed by atoms with van der Waals surface area (Å²) in [5.41, 5.74) is -11.3. The quantitative estimate of drug-likeness (QED) is 0.255. The molecule has 1 aromatic heterocycles. The van der Waals surface area contributed by atoms with Gasteiger partial charge in [-0.1, -0.05) is 6.07 Å². The molecule has 0 bridgehead atoms. The maximum absolute atomic E-state index is 10.7. The molecule has 0 aromatic carbocycles. The second kappa shape index (κ2) is 12.0. The molecule has 1 unspecified atom stereocenters. The van der Waals surface area contributed by atoms with Crippen molar-refractivity contribution in [3.05, 3.63) is 22.4 Å². The molecule has 1 heterocycles. The second-order valence-electron chi connectivity index (χ2n) is 5.34. The van der Waals surface area contributed by atoms with Crippen LogP contribution in [0.3, 0.4) is 0 Å². The summed E-state index contributed by atoms with van der Waals surface area (Å²) in [5.74, 6) is 1.36. The minimum Gasteiger partial charge on any atom is -0.741 e.